The summed E-state index contributed by atoms with van der Waals surface area (Å²) in [5.74, 6) is 2.78. The van der Waals surface area contributed by atoms with Crippen LogP contribution in [-0.4, -0.2) is 112 Å². The summed E-state index contributed by atoms with van der Waals surface area (Å²) in [6.07, 6.45) is 2.64. The SMILES string of the molecule is COCOc1cc(-c2ncc3c(N4CCOC/C(=N/OC)C4)nc(OC[C@@]45CCCN4C[C@H](F)C5)nc3c2F)c2c(C#C[Si](C(C)C)(C(C)C)C(C)C)c(F)ccc2c1. The maximum Gasteiger partial charge on any atom is 0.319 e. The Morgan fingerprint density at radius 1 is 1.03 bits per heavy atom. The lowest BCUT2D eigenvalue weighted by atomic mass is 9.95. The number of methoxy groups -OCH3 is 1. The molecule has 2 atom stereocenters. The zero-order valence-corrected chi connectivity index (χ0v) is 36.3. The second-order valence-electron chi connectivity index (χ2n) is 16.9. The highest BCUT2D eigenvalue weighted by atomic mass is 28.3. The van der Waals surface area contributed by atoms with Gasteiger partial charge in [0.2, 0.25) is 0 Å². The molecule has 0 N–H and O–H groups in total. The number of anilines is 1. The number of halogens is 3. The molecule has 4 aromatic rings. The van der Waals surface area contributed by atoms with Crippen LogP contribution in [0.2, 0.25) is 16.6 Å². The van der Waals surface area contributed by atoms with E-state index in [2.05, 4.69) is 68.0 Å². The minimum Gasteiger partial charge on any atom is -0.468 e. The number of hydrogen-bond acceptors (Lipinski definition) is 11. The topological polar surface area (TPSA) is 104 Å². The van der Waals surface area contributed by atoms with E-state index >= 15 is 8.78 Å². The lowest BCUT2D eigenvalue weighted by Gasteiger charge is -2.38. The fourth-order valence-electron chi connectivity index (χ4n) is 9.77. The number of hydrogen-bond donors (Lipinski definition) is 0. The normalized spacial score (nSPS) is 20.8. The van der Waals surface area contributed by atoms with Gasteiger partial charge in [0, 0.05) is 43.8 Å². The highest BCUT2D eigenvalue weighted by molar-refractivity contribution is 6.90. The summed E-state index contributed by atoms with van der Waals surface area (Å²) in [5.41, 5.74) is 5.03. The molecular formula is C44H55F3N6O5Si. The van der Waals surface area contributed by atoms with Crippen LogP contribution in [0.25, 0.3) is 32.9 Å². The van der Waals surface area contributed by atoms with E-state index < -0.39 is 31.4 Å². The smallest absolute Gasteiger partial charge is 0.319 e. The van der Waals surface area contributed by atoms with Crippen molar-refractivity contribution in [2.75, 3.05) is 71.9 Å². The molecule has 3 aliphatic rings. The van der Waals surface area contributed by atoms with Crippen LogP contribution in [0, 0.1) is 23.1 Å². The average molecular weight is 833 g/mol. The van der Waals surface area contributed by atoms with Crippen LogP contribution >= 0.6 is 0 Å². The molecule has 0 aliphatic carbocycles. The number of oxime groups is 1. The predicted molar refractivity (Wildman–Crippen MR) is 227 cm³/mol. The molecule has 3 aliphatic heterocycles. The van der Waals surface area contributed by atoms with Gasteiger partial charge in [-0.2, -0.15) is 9.97 Å². The molecule has 0 unspecified atom stereocenters. The summed E-state index contributed by atoms with van der Waals surface area (Å²) in [7, 11) is 0.661. The molecule has 7 rings (SSSR count). The third-order valence-electron chi connectivity index (χ3n) is 12.5. The van der Waals surface area contributed by atoms with Crippen LogP contribution in [-0.2, 0) is 14.3 Å². The van der Waals surface area contributed by atoms with Crippen molar-refractivity contribution in [2.24, 2.45) is 5.16 Å². The van der Waals surface area contributed by atoms with Gasteiger partial charge in [-0.3, -0.25) is 9.88 Å². The second kappa shape index (κ2) is 17.6. The molecule has 316 valence electrons. The van der Waals surface area contributed by atoms with Crippen molar-refractivity contribution in [1.82, 2.24) is 19.9 Å². The zero-order valence-electron chi connectivity index (χ0n) is 35.3. The van der Waals surface area contributed by atoms with Crippen LogP contribution < -0.4 is 14.4 Å². The molecule has 5 heterocycles. The Morgan fingerprint density at radius 3 is 2.54 bits per heavy atom. The maximum atomic E-state index is 17.7. The van der Waals surface area contributed by atoms with E-state index in [9.17, 15) is 4.39 Å². The van der Waals surface area contributed by atoms with Gasteiger partial charge in [0.05, 0.1) is 36.2 Å². The Hall–Kier alpha value is -4.49. The van der Waals surface area contributed by atoms with Gasteiger partial charge in [-0.05, 0) is 59.6 Å². The highest BCUT2D eigenvalue weighted by Crippen LogP contribution is 2.43. The van der Waals surface area contributed by atoms with Crippen molar-refractivity contribution in [3.05, 3.63) is 47.7 Å². The lowest BCUT2D eigenvalue weighted by molar-refractivity contribution is 0.0512. The van der Waals surface area contributed by atoms with Gasteiger partial charge in [0.1, 0.15) is 62.3 Å². The van der Waals surface area contributed by atoms with Crippen LogP contribution in [0.3, 0.4) is 0 Å². The van der Waals surface area contributed by atoms with Gasteiger partial charge < -0.3 is 28.7 Å². The quantitative estimate of drug-likeness (QED) is 0.0598. The molecule has 0 spiro atoms. The van der Waals surface area contributed by atoms with E-state index in [1.807, 2.05) is 4.90 Å². The van der Waals surface area contributed by atoms with Gasteiger partial charge in [0.15, 0.2) is 12.6 Å². The Morgan fingerprint density at radius 2 is 1.81 bits per heavy atom. The van der Waals surface area contributed by atoms with Crippen molar-refractivity contribution in [2.45, 2.75) is 89.1 Å². The van der Waals surface area contributed by atoms with E-state index in [4.69, 9.17) is 33.8 Å². The number of rotatable bonds is 12. The number of pyridine rings is 1. The van der Waals surface area contributed by atoms with Gasteiger partial charge in [-0.1, -0.05) is 58.7 Å². The van der Waals surface area contributed by atoms with Crippen molar-refractivity contribution in [1.29, 1.82) is 0 Å². The summed E-state index contributed by atoms with van der Waals surface area (Å²) < 4.78 is 71.9. The Labute approximate surface area is 345 Å². The largest absolute Gasteiger partial charge is 0.468 e. The molecule has 0 bridgehead atoms. The molecule has 0 amide bonds. The molecular weight excluding hydrogens is 778 g/mol. The van der Waals surface area contributed by atoms with E-state index in [1.54, 1.807) is 18.2 Å². The molecule has 2 aromatic carbocycles. The Bertz CT molecular complexity index is 2260. The maximum absolute atomic E-state index is 17.7. The molecule has 11 nitrogen and oxygen atoms in total. The first kappa shape index (κ1) is 42.6. The highest BCUT2D eigenvalue weighted by Gasteiger charge is 2.49. The Balaban J connectivity index is 1.44. The van der Waals surface area contributed by atoms with E-state index in [-0.39, 0.29) is 54.9 Å². The third-order valence-corrected chi connectivity index (χ3v) is 18.7. The minimum atomic E-state index is -2.31. The average Bonchev–Trinajstić information content (AvgIpc) is 3.62. The zero-order chi connectivity index (χ0) is 42.1. The van der Waals surface area contributed by atoms with Crippen LogP contribution in [0.15, 0.2) is 35.6 Å². The van der Waals surface area contributed by atoms with Gasteiger partial charge in [-0.15, -0.1) is 5.54 Å². The number of alkyl halides is 1. The monoisotopic (exact) mass is 832 g/mol. The van der Waals surface area contributed by atoms with E-state index in [1.165, 1.54) is 26.5 Å². The first-order valence-electron chi connectivity index (χ1n) is 20.5. The number of fused-ring (bicyclic) bond motifs is 3. The van der Waals surface area contributed by atoms with Crippen molar-refractivity contribution in [3.63, 3.8) is 0 Å². The van der Waals surface area contributed by atoms with Gasteiger partial charge >= 0.3 is 6.01 Å². The summed E-state index contributed by atoms with van der Waals surface area (Å²) in [5, 5.41) is 5.47. The summed E-state index contributed by atoms with van der Waals surface area (Å²) >= 11 is 0. The first-order chi connectivity index (χ1) is 28.3. The lowest BCUT2D eigenvalue weighted by Crippen LogP contribution is -2.43. The molecule has 15 heteroatoms. The minimum absolute atomic E-state index is 0.0489. The fraction of sp³-hybridized carbons (Fsp3) is 0.545. The van der Waals surface area contributed by atoms with E-state index in [0.29, 0.717) is 76.2 Å². The van der Waals surface area contributed by atoms with Crippen molar-refractivity contribution >= 4 is 41.3 Å². The first-order valence-corrected chi connectivity index (χ1v) is 22.8. The Kier molecular flexibility index (Phi) is 12.7. The summed E-state index contributed by atoms with van der Waals surface area (Å²) in [4.78, 5) is 23.4. The number of aromatic nitrogens is 3. The molecule has 0 radical (unpaired) electrons. The van der Waals surface area contributed by atoms with Gasteiger partial charge in [0.25, 0.3) is 0 Å². The second-order valence-corrected chi connectivity index (χ2v) is 22.5. The fourth-order valence-corrected chi connectivity index (χ4v) is 15.0. The molecule has 3 fully saturated rings. The third kappa shape index (κ3) is 8.21. The number of nitrogens with zero attached hydrogens (tertiary/aromatic N) is 6. The molecule has 2 aromatic heterocycles. The summed E-state index contributed by atoms with van der Waals surface area (Å²) in [6.45, 7) is 15.7. The van der Waals surface area contributed by atoms with Crippen LogP contribution in [0.1, 0.15) is 66.4 Å². The molecule has 3 saturated heterocycles. The van der Waals surface area contributed by atoms with Crippen molar-refractivity contribution in [3.8, 4) is 34.5 Å². The van der Waals surface area contributed by atoms with Crippen molar-refractivity contribution < 1.29 is 37.0 Å². The number of benzene rings is 2. The standard InChI is InChI=1S/C44H55F3N6O5Si/c1-27(2)59(28(3)4,29(5)6)17-12-34-37(46)11-10-30-18-33(58-26-54-7)19-35(38(30)34)40-39(47)41-36(21-48-40)42(52-15-16-56-24-32(23-52)51-55-8)50-43(49-41)57-25-44-13-9-14-53(44)22-31(45)20-44/h10-11,18-19,21,27-29,31H,9,13-16,20,22-26H2,1-8H3/b51-32+/t31-,44+/m1/s1. The van der Waals surface area contributed by atoms with Gasteiger partial charge in [-0.25, -0.2) is 13.2 Å². The van der Waals surface area contributed by atoms with Crippen LogP contribution in [0.4, 0.5) is 19.0 Å². The molecule has 0 saturated carbocycles. The van der Waals surface area contributed by atoms with E-state index in [0.717, 1.165) is 19.4 Å². The summed E-state index contributed by atoms with van der Waals surface area (Å²) in [6, 6.07) is 6.38. The van der Waals surface area contributed by atoms with Crippen LogP contribution in [0.5, 0.6) is 11.8 Å². The number of ether oxygens (including phenoxy) is 4. The predicted octanol–water partition coefficient (Wildman–Crippen LogP) is 8.47. The molecule has 59 heavy (non-hydrogen) atoms.